The van der Waals surface area contributed by atoms with Crippen molar-refractivity contribution in [1.82, 2.24) is 0 Å². The molecule has 0 N–H and O–H groups in total. The molecule has 32 heavy (non-hydrogen) atoms. The van der Waals surface area contributed by atoms with E-state index in [9.17, 15) is 9.59 Å². The van der Waals surface area contributed by atoms with Crippen molar-refractivity contribution in [1.29, 1.82) is 0 Å². The first-order valence-electron chi connectivity index (χ1n) is 10.3. The predicted octanol–water partition coefficient (Wildman–Crippen LogP) is 6.67. The first-order valence-corrected chi connectivity index (χ1v) is 11.6. The zero-order chi connectivity index (χ0) is 22.8. The Kier molecular flexibility index (Phi) is 6.49. The number of aliphatic imine (C=N–C) groups is 1. The molecule has 4 nitrogen and oxygen atoms in total. The number of thioether (sulfide) groups is 1. The molecule has 1 heterocycles. The Morgan fingerprint density at radius 3 is 2.22 bits per heavy atom. The molecule has 1 atom stereocenters. The summed E-state index contributed by atoms with van der Waals surface area (Å²) < 4.78 is 0. The van der Waals surface area contributed by atoms with Crippen LogP contribution < -0.4 is 4.90 Å². The molecule has 162 valence electrons. The number of carbonyl (C=O) groups is 2. The van der Waals surface area contributed by atoms with Gasteiger partial charge in [-0.1, -0.05) is 58.8 Å². The summed E-state index contributed by atoms with van der Waals surface area (Å²) in [4.78, 5) is 32.7. The van der Waals surface area contributed by atoms with E-state index in [1.54, 1.807) is 23.1 Å². The van der Waals surface area contributed by atoms with E-state index >= 15 is 0 Å². The zero-order valence-electron chi connectivity index (χ0n) is 18.1. The molecule has 1 aliphatic rings. The fourth-order valence-electron chi connectivity index (χ4n) is 3.44. The predicted molar refractivity (Wildman–Crippen MR) is 133 cm³/mol. The molecule has 0 aromatic heterocycles. The number of rotatable bonds is 5. The van der Waals surface area contributed by atoms with Gasteiger partial charge in [-0.3, -0.25) is 14.5 Å². The Morgan fingerprint density at radius 2 is 1.59 bits per heavy atom. The van der Waals surface area contributed by atoms with E-state index in [1.807, 2.05) is 69.3 Å². The fourth-order valence-corrected chi connectivity index (χ4v) is 4.71. The number of amides is 1. The van der Waals surface area contributed by atoms with Crippen LogP contribution in [0, 0.1) is 20.8 Å². The lowest BCUT2D eigenvalue weighted by molar-refractivity contribution is -0.116. The number of halogens is 1. The maximum atomic E-state index is 13.4. The summed E-state index contributed by atoms with van der Waals surface area (Å²) in [5, 5.41) is 0.655. The molecule has 6 heteroatoms. The second-order valence-corrected chi connectivity index (χ2v) is 9.51. The monoisotopic (exact) mass is 462 g/mol. The normalized spacial score (nSPS) is 17.2. The van der Waals surface area contributed by atoms with E-state index in [2.05, 4.69) is 0 Å². The van der Waals surface area contributed by atoms with Gasteiger partial charge in [0, 0.05) is 17.0 Å². The Labute approximate surface area is 197 Å². The smallest absolute Gasteiger partial charge is 0.247 e. The van der Waals surface area contributed by atoms with Crippen molar-refractivity contribution in [3.8, 4) is 0 Å². The number of ketones is 1. The van der Waals surface area contributed by atoms with Gasteiger partial charge in [0.25, 0.3) is 0 Å². The second-order valence-electron chi connectivity index (χ2n) is 7.94. The van der Waals surface area contributed by atoms with Crippen LogP contribution in [0.2, 0.25) is 5.02 Å². The largest absolute Gasteiger partial charge is 0.294 e. The highest BCUT2D eigenvalue weighted by atomic mass is 35.5. The van der Waals surface area contributed by atoms with Gasteiger partial charge in [-0.15, -0.1) is 0 Å². The lowest BCUT2D eigenvalue weighted by atomic mass is 10.0. The van der Waals surface area contributed by atoms with Gasteiger partial charge >= 0.3 is 0 Å². The number of carbonyl (C=O) groups excluding carboxylic acids is 2. The number of amidine groups is 1. The zero-order valence-corrected chi connectivity index (χ0v) is 19.7. The molecular formula is C26H23ClN2O2S. The lowest BCUT2D eigenvalue weighted by Crippen LogP contribution is -2.32. The van der Waals surface area contributed by atoms with Crippen LogP contribution in [0.4, 0.5) is 11.4 Å². The highest BCUT2D eigenvalue weighted by Crippen LogP contribution is 2.36. The third-order valence-corrected chi connectivity index (χ3v) is 6.90. The van der Waals surface area contributed by atoms with Crippen LogP contribution in [-0.4, -0.2) is 22.1 Å². The molecule has 1 unspecified atom stereocenters. The number of Topliss-reactive ketones (excluding diaryl/α,β-unsaturated/α-hetero) is 1. The van der Waals surface area contributed by atoms with Crippen molar-refractivity contribution in [2.75, 3.05) is 4.90 Å². The van der Waals surface area contributed by atoms with Gasteiger partial charge in [0.1, 0.15) is 0 Å². The number of hydrogen-bond acceptors (Lipinski definition) is 4. The summed E-state index contributed by atoms with van der Waals surface area (Å²) in [6.45, 7) is 5.88. The molecule has 0 aliphatic carbocycles. The fraction of sp³-hybridized carbons (Fsp3) is 0.192. The summed E-state index contributed by atoms with van der Waals surface area (Å²) in [6.07, 6.45) is 0.0971. The third-order valence-electron chi connectivity index (χ3n) is 5.34. The van der Waals surface area contributed by atoms with Crippen molar-refractivity contribution >= 4 is 51.6 Å². The number of hydrogen-bond donors (Lipinski definition) is 0. The molecule has 0 saturated carbocycles. The summed E-state index contributed by atoms with van der Waals surface area (Å²) in [6, 6.07) is 20.8. The van der Waals surface area contributed by atoms with Crippen molar-refractivity contribution in [2.45, 2.75) is 32.4 Å². The molecule has 1 amide bonds. The second kappa shape index (κ2) is 9.31. The minimum Gasteiger partial charge on any atom is -0.294 e. The topological polar surface area (TPSA) is 49.7 Å². The molecule has 3 aromatic rings. The Balaban J connectivity index is 1.65. The van der Waals surface area contributed by atoms with E-state index in [4.69, 9.17) is 16.6 Å². The van der Waals surface area contributed by atoms with Crippen LogP contribution in [0.3, 0.4) is 0 Å². The summed E-state index contributed by atoms with van der Waals surface area (Å²) >= 11 is 7.43. The summed E-state index contributed by atoms with van der Waals surface area (Å²) in [7, 11) is 0. The van der Waals surface area contributed by atoms with Gasteiger partial charge in [0.05, 0.1) is 16.6 Å². The number of nitrogens with zero attached hydrogens (tertiary/aromatic N) is 2. The Morgan fingerprint density at radius 1 is 0.969 bits per heavy atom. The van der Waals surface area contributed by atoms with E-state index in [1.165, 1.54) is 11.8 Å². The van der Waals surface area contributed by atoms with Crippen LogP contribution in [-0.2, 0) is 4.79 Å². The number of benzene rings is 3. The van der Waals surface area contributed by atoms with Gasteiger partial charge in [-0.25, -0.2) is 4.99 Å². The molecule has 3 aromatic carbocycles. The molecule has 1 saturated heterocycles. The highest BCUT2D eigenvalue weighted by Gasteiger charge is 2.40. The maximum absolute atomic E-state index is 13.4. The van der Waals surface area contributed by atoms with Gasteiger partial charge in [0.2, 0.25) is 5.91 Å². The quantitative estimate of drug-likeness (QED) is 0.397. The molecule has 0 spiro atoms. The average Bonchev–Trinajstić information content (AvgIpc) is 3.07. The van der Waals surface area contributed by atoms with E-state index in [0.717, 1.165) is 28.1 Å². The van der Waals surface area contributed by atoms with Gasteiger partial charge in [-0.05, 0) is 68.8 Å². The van der Waals surface area contributed by atoms with Crippen molar-refractivity contribution in [3.63, 3.8) is 0 Å². The lowest BCUT2D eigenvalue weighted by Gasteiger charge is -2.17. The summed E-state index contributed by atoms with van der Waals surface area (Å²) in [5.74, 6) is -0.222. The molecule has 1 fully saturated rings. The minimum absolute atomic E-state index is 0.0870. The van der Waals surface area contributed by atoms with E-state index < -0.39 is 5.25 Å². The minimum atomic E-state index is -0.538. The first-order chi connectivity index (χ1) is 15.3. The van der Waals surface area contributed by atoms with Crippen molar-refractivity contribution in [2.24, 2.45) is 4.99 Å². The van der Waals surface area contributed by atoms with Crippen molar-refractivity contribution < 1.29 is 9.59 Å². The Hall–Kier alpha value is -2.89. The maximum Gasteiger partial charge on any atom is 0.247 e. The van der Waals surface area contributed by atoms with Crippen LogP contribution in [0.25, 0.3) is 0 Å². The van der Waals surface area contributed by atoms with Crippen molar-refractivity contribution in [3.05, 3.63) is 94.0 Å². The van der Waals surface area contributed by atoms with Crippen LogP contribution in [0.5, 0.6) is 0 Å². The molecular weight excluding hydrogens is 440 g/mol. The average molecular weight is 463 g/mol. The molecule has 0 bridgehead atoms. The molecule has 0 radical (unpaired) electrons. The Bertz CT molecular complexity index is 1200. The van der Waals surface area contributed by atoms with Crippen LogP contribution >= 0.6 is 23.4 Å². The first kappa shape index (κ1) is 22.3. The SMILES string of the molecule is Cc1ccc(N=C2SC(CC(=O)c3ccc(Cl)c(C)c3)C(=O)N2c2ccc(C)cc2)cc1. The van der Waals surface area contributed by atoms with E-state index in [0.29, 0.717) is 15.8 Å². The third kappa shape index (κ3) is 4.79. The molecule has 1 aliphatic heterocycles. The van der Waals surface area contributed by atoms with Gasteiger partial charge < -0.3 is 0 Å². The van der Waals surface area contributed by atoms with Gasteiger partial charge in [0.15, 0.2) is 11.0 Å². The number of anilines is 1. The standard InChI is InChI=1S/C26H23ClN2O2S/c1-16-4-9-20(10-5-16)28-26-29(21-11-6-17(2)7-12-21)25(31)24(32-26)15-23(30)19-8-13-22(27)18(3)14-19/h4-14,24H,15H2,1-3H3. The number of aryl methyl sites for hydroxylation is 3. The van der Waals surface area contributed by atoms with Gasteiger partial charge in [-0.2, -0.15) is 0 Å². The van der Waals surface area contributed by atoms with Crippen LogP contribution in [0.15, 0.2) is 71.7 Å². The highest BCUT2D eigenvalue weighted by molar-refractivity contribution is 8.16. The summed E-state index contributed by atoms with van der Waals surface area (Å²) in [5.41, 5.74) is 5.16. The molecule has 4 rings (SSSR count). The van der Waals surface area contributed by atoms with E-state index in [-0.39, 0.29) is 18.1 Å². The van der Waals surface area contributed by atoms with Crippen LogP contribution in [0.1, 0.15) is 33.5 Å².